The molecule has 0 saturated carbocycles. The highest BCUT2D eigenvalue weighted by molar-refractivity contribution is 7.89. The van der Waals surface area contributed by atoms with Crippen molar-refractivity contribution in [2.45, 2.75) is 50.5 Å². The average molecular weight is 406 g/mol. The van der Waals surface area contributed by atoms with E-state index in [1.807, 2.05) is 18.7 Å². The van der Waals surface area contributed by atoms with E-state index in [1.165, 1.54) is 4.31 Å². The maximum Gasteiger partial charge on any atom is 0.243 e. The van der Waals surface area contributed by atoms with Crippen molar-refractivity contribution in [1.82, 2.24) is 24.2 Å². The number of aromatic nitrogens is 3. The van der Waals surface area contributed by atoms with Gasteiger partial charge in [-0.1, -0.05) is 5.21 Å². The van der Waals surface area contributed by atoms with Crippen molar-refractivity contribution < 1.29 is 13.2 Å². The van der Waals surface area contributed by atoms with Crippen molar-refractivity contribution >= 4 is 27.0 Å². The summed E-state index contributed by atoms with van der Waals surface area (Å²) in [4.78, 5) is 14.8. The van der Waals surface area contributed by atoms with Crippen LogP contribution in [0.2, 0.25) is 0 Å². The van der Waals surface area contributed by atoms with Gasteiger partial charge in [-0.05, 0) is 57.7 Å². The molecular formula is C19H27N5O3S. The van der Waals surface area contributed by atoms with Crippen LogP contribution in [0.1, 0.15) is 45.6 Å². The molecule has 0 bridgehead atoms. The fraction of sp³-hybridized carbons (Fsp3) is 0.632. The SMILES string of the molecule is CC(C)n1nnc2cc(S(=O)(=O)N3CCCC(C(=O)N4CCCC4)C3)ccc21. The quantitative estimate of drug-likeness (QED) is 0.777. The third-order valence-corrected chi connectivity index (χ3v) is 7.58. The Bertz CT molecular complexity index is 979. The first kappa shape index (κ1) is 19.3. The smallest absolute Gasteiger partial charge is 0.243 e. The largest absolute Gasteiger partial charge is 0.342 e. The van der Waals surface area contributed by atoms with Crippen molar-refractivity contribution in [3.63, 3.8) is 0 Å². The molecule has 1 aromatic heterocycles. The van der Waals surface area contributed by atoms with E-state index in [1.54, 1.807) is 22.9 Å². The molecule has 1 atom stereocenters. The second-order valence-electron chi connectivity index (χ2n) is 8.01. The number of benzene rings is 1. The van der Waals surface area contributed by atoms with Gasteiger partial charge in [0.05, 0.1) is 16.3 Å². The van der Waals surface area contributed by atoms with Crippen molar-refractivity contribution in [3.8, 4) is 0 Å². The van der Waals surface area contributed by atoms with Gasteiger partial charge in [0.2, 0.25) is 15.9 Å². The number of nitrogens with zero attached hydrogens (tertiary/aromatic N) is 5. The number of sulfonamides is 1. The number of carbonyl (C=O) groups excluding carboxylic acids is 1. The summed E-state index contributed by atoms with van der Waals surface area (Å²) >= 11 is 0. The van der Waals surface area contributed by atoms with Crippen LogP contribution >= 0.6 is 0 Å². The Balaban J connectivity index is 1.57. The molecule has 0 aliphatic carbocycles. The van der Waals surface area contributed by atoms with Gasteiger partial charge < -0.3 is 4.90 Å². The van der Waals surface area contributed by atoms with E-state index in [-0.39, 0.29) is 29.3 Å². The summed E-state index contributed by atoms with van der Waals surface area (Å²) in [6.07, 6.45) is 3.54. The molecule has 1 unspecified atom stereocenters. The number of likely N-dealkylation sites (tertiary alicyclic amines) is 1. The first-order valence-electron chi connectivity index (χ1n) is 10.0. The van der Waals surface area contributed by atoms with E-state index in [9.17, 15) is 13.2 Å². The van der Waals surface area contributed by atoms with E-state index >= 15 is 0 Å². The summed E-state index contributed by atoms with van der Waals surface area (Å²) in [6.45, 7) is 6.31. The van der Waals surface area contributed by atoms with Gasteiger partial charge >= 0.3 is 0 Å². The van der Waals surface area contributed by atoms with Gasteiger partial charge in [0, 0.05) is 32.2 Å². The molecule has 28 heavy (non-hydrogen) atoms. The monoisotopic (exact) mass is 405 g/mol. The Labute approximate surface area is 165 Å². The van der Waals surface area contributed by atoms with E-state index in [0.717, 1.165) is 37.9 Å². The van der Waals surface area contributed by atoms with Crippen LogP contribution in [-0.2, 0) is 14.8 Å². The maximum atomic E-state index is 13.2. The topological polar surface area (TPSA) is 88.4 Å². The van der Waals surface area contributed by atoms with Crippen LogP contribution < -0.4 is 0 Å². The standard InChI is InChI=1S/C19H27N5O3S/c1-14(2)24-18-8-7-16(12-17(18)20-21-24)28(26,27)23-11-5-6-15(13-23)19(25)22-9-3-4-10-22/h7-8,12,14-15H,3-6,9-11,13H2,1-2H3. The van der Waals surface area contributed by atoms with Crippen molar-refractivity contribution in [1.29, 1.82) is 0 Å². The number of hydrogen-bond acceptors (Lipinski definition) is 5. The van der Waals surface area contributed by atoms with E-state index in [4.69, 9.17) is 0 Å². The predicted octanol–water partition coefficient (Wildman–Crippen LogP) is 2.04. The number of rotatable bonds is 4. The molecule has 2 aromatic rings. The van der Waals surface area contributed by atoms with Gasteiger partial charge in [-0.3, -0.25) is 4.79 Å². The van der Waals surface area contributed by atoms with Crippen LogP contribution in [0, 0.1) is 5.92 Å². The van der Waals surface area contributed by atoms with Crippen LogP contribution in [0.4, 0.5) is 0 Å². The molecule has 2 aliphatic heterocycles. The summed E-state index contributed by atoms with van der Waals surface area (Å²) in [5.74, 6) is -0.139. The number of carbonyl (C=O) groups is 1. The van der Waals surface area contributed by atoms with Crippen molar-refractivity contribution in [3.05, 3.63) is 18.2 Å². The highest BCUT2D eigenvalue weighted by Gasteiger charge is 2.35. The number of amides is 1. The molecular weight excluding hydrogens is 378 g/mol. The highest BCUT2D eigenvalue weighted by atomic mass is 32.2. The lowest BCUT2D eigenvalue weighted by molar-refractivity contribution is -0.135. The van der Waals surface area contributed by atoms with Crippen molar-refractivity contribution in [2.75, 3.05) is 26.2 Å². The van der Waals surface area contributed by atoms with Crippen LogP contribution in [0.5, 0.6) is 0 Å². The Hall–Kier alpha value is -2.00. The van der Waals surface area contributed by atoms with Gasteiger partial charge in [-0.25, -0.2) is 13.1 Å². The summed E-state index contributed by atoms with van der Waals surface area (Å²) in [7, 11) is -3.67. The van der Waals surface area contributed by atoms with E-state index < -0.39 is 10.0 Å². The molecule has 0 N–H and O–H groups in total. The molecule has 0 radical (unpaired) electrons. The third kappa shape index (κ3) is 3.41. The minimum Gasteiger partial charge on any atom is -0.342 e. The summed E-state index contributed by atoms with van der Waals surface area (Å²) in [5, 5.41) is 8.24. The molecule has 152 valence electrons. The molecule has 2 aliphatic rings. The van der Waals surface area contributed by atoms with Gasteiger partial charge in [0.25, 0.3) is 0 Å². The molecule has 3 heterocycles. The first-order valence-corrected chi connectivity index (χ1v) is 11.5. The van der Waals surface area contributed by atoms with Crippen LogP contribution in [0.3, 0.4) is 0 Å². The van der Waals surface area contributed by atoms with Crippen LogP contribution in [0.25, 0.3) is 11.0 Å². The molecule has 4 rings (SSSR count). The molecule has 2 saturated heterocycles. The zero-order chi connectivity index (χ0) is 19.9. The average Bonchev–Trinajstić information content (AvgIpc) is 3.36. The normalized spacial score (nSPS) is 21.7. The fourth-order valence-corrected chi connectivity index (χ4v) is 5.71. The van der Waals surface area contributed by atoms with Crippen LogP contribution in [0.15, 0.2) is 23.1 Å². The van der Waals surface area contributed by atoms with Crippen LogP contribution in [-0.4, -0.2) is 64.7 Å². The Kier molecular flexibility index (Phi) is 5.13. The van der Waals surface area contributed by atoms with Gasteiger partial charge in [-0.15, -0.1) is 5.10 Å². The lowest BCUT2D eigenvalue weighted by Gasteiger charge is -2.33. The van der Waals surface area contributed by atoms with Gasteiger partial charge in [0.15, 0.2) is 0 Å². The third-order valence-electron chi connectivity index (χ3n) is 5.72. The van der Waals surface area contributed by atoms with Gasteiger partial charge in [-0.2, -0.15) is 4.31 Å². The molecule has 0 spiro atoms. The molecule has 2 fully saturated rings. The summed E-state index contributed by atoms with van der Waals surface area (Å²) in [6, 6.07) is 5.11. The fourth-order valence-electron chi connectivity index (χ4n) is 4.17. The Morgan fingerprint density at radius 2 is 1.89 bits per heavy atom. The Morgan fingerprint density at radius 3 is 2.61 bits per heavy atom. The second kappa shape index (κ2) is 7.44. The molecule has 9 heteroatoms. The maximum absolute atomic E-state index is 13.2. The minimum atomic E-state index is -3.67. The van der Waals surface area contributed by atoms with Crippen molar-refractivity contribution in [2.24, 2.45) is 5.92 Å². The predicted molar refractivity (Wildman–Crippen MR) is 105 cm³/mol. The molecule has 8 nitrogen and oxygen atoms in total. The number of piperidine rings is 1. The zero-order valence-electron chi connectivity index (χ0n) is 16.4. The van der Waals surface area contributed by atoms with Gasteiger partial charge in [0.1, 0.15) is 5.52 Å². The number of hydrogen-bond donors (Lipinski definition) is 0. The number of fused-ring (bicyclic) bond motifs is 1. The minimum absolute atomic E-state index is 0.104. The Morgan fingerprint density at radius 1 is 1.14 bits per heavy atom. The summed E-state index contributed by atoms with van der Waals surface area (Å²) < 4.78 is 29.7. The summed E-state index contributed by atoms with van der Waals surface area (Å²) in [5.41, 5.74) is 1.38. The lowest BCUT2D eigenvalue weighted by Crippen LogP contribution is -2.46. The first-order chi connectivity index (χ1) is 13.4. The second-order valence-corrected chi connectivity index (χ2v) is 9.95. The molecule has 1 aromatic carbocycles. The molecule has 1 amide bonds. The van der Waals surface area contributed by atoms with E-state index in [0.29, 0.717) is 18.5 Å². The highest BCUT2D eigenvalue weighted by Crippen LogP contribution is 2.27. The lowest BCUT2D eigenvalue weighted by atomic mass is 9.98. The zero-order valence-corrected chi connectivity index (χ0v) is 17.2. The van der Waals surface area contributed by atoms with E-state index in [2.05, 4.69) is 10.3 Å².